The van der Waals surface area contributed by atoms with Gasteiger partial charge in [-0.05, 0) is 38.9 Å². The van der Waals surface area contributed by atoms with Crippen molar-refractivity contribution < 1.29 is 9.90 Å². The van der Waals surface area contributed by atoms with Crippen molar-refractivity contribution >= 4 is 5.97 Å². The Kier molecular flexibility index (Phi) is 3.15. The van der Waals surface area contributed by atoms with E-state index in [1.54, 1.807) is 14.0 Å². The highest BCUT2D eigenvalue weighted by atomic mass is 16.4. The molecule has 0 bridgehead atoms. The van der Waals surface area contributed by atoms with Crippen LogP contribution in [0.3, 0.4) is 0 Å². The molecule has 15 heavy (non-hydrogen) atoms. The second kappa shape index (κ2) is 4.03. The number of aryl methyl sites for hydroxylation is 2. The van der Waals surface area contributed by atoms with Crippen LogP contribution in [0, 0.1) is 13.8 Å². The van der Waals surface area contributed by atoms with Crippen LogP contribution in [0.15, 0.2) is 18.2 Å². The molecule has 0 aliphatic rings. The van der Waals surface area contributed by atoms with Crippen molar-refractivity contribution in [3.05, 3.63) is 34.9 Å². The van der Waals surface area contributed by atoms with Gasteiger partial charge in [-0.2, -0.15) is 0 Å². The van der Waals surface area contributed by atoms with Crippen LogP contribution in [0.4, 0.5) is 0 Å². The van der Waals surface area contributed by atoms with Gasteiger partial charge in [0.1, 0.15) is 5.54 Å². The Morgan fingerprint density at radius 1 is 1.40 bits per heavy atom. The zero-order valence-corrected chi connectivity index (χ0v) is 9.59. The van der Waals surface area contributed by atoms with Gasteiger partial charge in [-0.3, -0.25) is 0 Å². The van der Waals surface area contributed by atoms with E-state index in [1.807, 2.05) is 32.0 Å². The molecule has 1 unspecified atom stereocenters. The fourth-order valence-electron chi connectivity index (χ4n) is 1.73. The van der Waals surface area contributed by atoms with Crippen molar-refractivity contribution in [2.24, 2.45) is 0 Å². The summed E-state index contributed by atoms with van der Waals surface area (Å²) in [6, 6.07) is 5.80. The molecule has 1 rings (SSSR count). The smallest absolute Gasteiger partial charge is 0.328 e. The number of hydrogen-bond donors (Lipinski definition) is 2. The zero-order valence-electron chi connectivity index (χ0n) is 9.59. The van der Waals surface area contributed by atoms with Gasteiger partial charge in [-0.25, -0.2) is 4.79 Å². The molecule has 0 fully saturated rings. The van der Waals surface area contributed by atoms with E-state index in [0.29, 0.717) is 0 Å². The van der Waals surface area contributed by atoms with Gasteiger partial charge in [0.15, 0.2) is 0 Å². The lowest BCUT2D eigenvalue weighted by Crippen LogP contribution is -2.45. The Bertz CT molecular complexity index is 387. The summed E-state index contributed by atoms with van der Waals surface area (Å²) in [6.45, 7) is 5.60. The topological polar surface area (TPSA) is 49.3 Å². The van der Waals surface area contributed by atoms with Gasteiger partial charge in [0.2, 0.25) is 0 Å². The molecule has 1 aromatic rings. The molecule has 82 valence electrons. The first-order chi connectivity index (χ1) is 6.91. The predicted octanol–water partition coefficient (Wildman–Crippen LogP) is 1.82. The molecule has 2 N–H and O–H groups in total. The molecule has 0 aliphatic heterocycles. The van der Waals surface area contributed by atoms with Crippen LogP contribution in [-0.2, 0) is 10.3 Å². The molecule has 0 saturated heterocycles. The molecule has 0 spiro atoms. The van der Waals surface area contributed by atoms with Crippen LogP contribution in [0.2, 0.25) is 0 Å². The number of benzene rings is 1. The Hall–Kier alpha value is -1.35. The predicted molar refractivity (Wildman–Crippen MR) is 60.0 cm³/mol. The summed E-state index contributed by atoms with van der Waals surface area (Å²) >= 11 is 0. The number of carboxylic acids is 1. The third-order valence-corrected chi connectivity index (χ3v) is 2.85. The van der Waals surface area contributed by atoms with E-state index in [1.165, 1.54) is 0 Å². The first-order valence-electron chi connectivity index (χ1n) is 4.92. The van der Waals surface area contributed by atoms with Crippen LogP contribution in [0.5, 0.6) is 0 Å². The molecule has 0 saturated carbocycles. The number of carbonyl (C=O) groups is 1. The minimum absolute atomic E-state index is 0.808. The lowest BCUT2D eigenvalue weighted by molar-refractivity contribution is -0.144. The Labute approximate surface area is 90.1 Å². The highest BCUT2D eigenvalue weighted by Crippen LogP contribution is 2.24. The number of carboxylic acid groups (broad SMARTS) is 1. The van der Waals surface area contributed by atoms with Crippen LogP contribution >= 0.6 is 0 Å². The van der Waals surface area contributed by atoms with E-state index < -0.39 is 11.5 Å². The quantitative estimate of drug-likeness (QED) is 0.795. The van der Waals surface area contributed by atoms with Gasteiger partial charge >= 0.3 is 5.97 Å². The molecule has 0 amide bonds. The summed E-state index contributed by atoms with van der Waals surface area (Å²) in [5, 5.41) is 12.1. The normalized spacial score (nSPS) is 14.7. The molecule has 0 aromatic heterocycles. The van der Waals surface area contributed by atoms with Crippen molar-refractivity contribution in [3.63, 3.8) is 0 Å². The Morgan fingerprint density at radius 2 is 2.00 bits per heavy atom. The van der Waals surface area contributed by atoms with Gasteiger partial charge in [-0.1, -0.05) is 23.8 Å². The minimum atomic E-state index is -1.02. The van der Waals surface area contributed by atoms with E-state index in [2.05, 4.69) is 5.32 Å². The Balaban J connectivity index is 3.30. The number of nitrogens with one attached hydrogen (secondary N) is 1. The van der Waals surface area contributed by atoms with E-state index >= 15 is 0 Å². The van der Waals surface area contributed by atoms with Gasteiger partial charge in [0, 0.05) is 0 Å². The van der Waals surface area contributed by atoms with Gasteiger partial charge < -0.3 is 10.4 Å². The molecular formula is C12H17NO2. The summed E-state index contributed by atoms with van der Waals surface area (Å²) in [4.78, 5) is 11.2. The summed E-state index contributed by atoms with van der Waals surface area (Å²) in [7, 11) is 1.66. The number of hydrogen-bond acceptors (Lipinski definition) is 2. The lowest BCUT2D eigenvalue weighted by Gasteiger charge is -2.26. The molecule has 0 radical (unpaired) electrons. The van der Waals surface area contributed by atoms with E-state index in [4.69, 9.17) is 0 Å². The molecular weight excluding hydrogens is 190 g/mol. The van der Waals surface area contributed by atoms with Crippen LogP contribution in [0.25, 0.3) is 0 Å². The largest absolute Gasteiger partial charge is 0.480 e. The maximum atomic E-state index is 11.2. The van der Waals surface area contributed by atoms with Crippen LogP contribution in [0.1, 0.15) is 23.6 Å². The molecule has 3 heteroatoms. The van der Waals surface area contributed by atoms with Gasteiger partial charge in [-0.15, -0.1) is 0 Å². The van der Waals surface area contributed by atoms with Crippen LogP contribution in [-0.4, -0.2) is 18.1 Å². The average Bonchev–Trinajstić information content (AvgIpc) is 2.16. The van der Waals surface area contributed by atoms with E-state index in [-0.39, 0.29) is 0 Å². The van der Waals surface area contributed by atoms with Crippen molar-refractivity contribution in [2.45, 2.75) is 26.3 Å². The average molecular weight is 207 g/mol. The molecule has 0 heterocycles. The maximum absolute atomic E-state index is 11.2. The second-order valence-corrected chi connectivity index (χ2v) is 4.00. The van der Waals surface area contributed by atoms with E-state index in [9.17, 15) is 9.90 Å². The molecule has 3 nitrogen and oxygen atoms in total. The van der Waals surface area contributed by atoms with E-state index in [0.717, 1.165) is 16.7 Å². The fraction of sp³-hybridized carbons (Fsp3) is 0.417. The van der Waals surface area contributed by atoms with Crippen molar-refractivity contribution in [1.82, 2.24) is 5.32 Å². The van der Waals surface area contributed by atoms with Crippen molar-refractivity contribution in [2.75, 3.05) is 7.05 Å². The minimum Gasteiger partial charge on any atom is -0.480 e. The highest BCUT2D eigenvalue weighted by molar-refractivity contribution is 5.80. The molecule has 1 atom stereocenters. The fourth-order valence-corrected chi connectivity index (χ4v) is 1.73. The van der Waals surface area contributed by atoms with Crippen molar-refractivity contribution in [1.29, 1.82) is 0 Å². The number of rotatable bonds is 3. The third kappa shape index (κ3) is 2.02. The third-order valence-electron chi connectivity index (χ3n) is 2.85. The van der Waals surface area contributed by atoms with Gasteiger partial charge in [0.25, 0.3) is 0 Å². The first kappa shape index (κ1) is 11.7. The SMILES string of the molecule is CNC(C)(C(=O)O)c1ccc(C)cc1C. The molecule has 1 aromatic carbocycles. The Morgan fingerprint density at radius 3 is 2.40 bits per heavy atom. The standard InChI is InChI=1S/C12H17NO2/c1-8-5-6-10(9(2)7-8)12(3,13-4)11(14)15/h5-7,13H,1-4H3,(H,14,15). The van der Waals surface area contributed by atoms with Crippen molar-refractivity contribution in [3.8, 4) is 0 Å². The summed E-state index contributed by atoms with van der Waals surface area (Å²) < 4.78 is 0. The molecule has 0 aliphatic carbocycles. The zero-order chi connectivity index (χ0) is 11.6. The maximum Gasteiger partial charge on any atom is 0.328 e. The number of aliphatic carboxylic acids is 1. The van der Waals surface area contributed by atoms with Gasteiger partial charge in [0.05, 0.1) is 0 Å². The first-order valence-corrected chi connectivity index (χ1v) is 4.92. The summed E-state index contributed by atoms with van der Waals surface area (Å²) in [5.41, 5.74) is 1.93. The highest BCUT2D eigenvalue weighted by Gasteiger charge is 2.34. The second-order valence-electron chi connectivity index (χ2n) is 4.00. The van der Waals surface area contributed by atoms with Crippen LogP contribution < -0.4 is 5.32 Å². The monoisotopic (exact) mass is 207 g/mol. The summed E-state index contributed by atoms with van der Waals surface area (Å²) in [6.07, 6.45) is 0. The summed E-state index contributed by atoms with van der Waals surface area (Å²) in [5.74, 6) is -0.864. The lowest BCUT2D eigenvalue weighted by atomic mass is 9.88. The number of likely N-dealkylation sites (N-methyl/N-ethyl adjacent to an activating group) is 1.